The average Bonchev–Trinajstić information content (AvgIpc) is 2.55. The third-order valence-corrected chi connectivity index (χ3v) is 5.10. The average molecular weight is 427 g/mol. The zero-order valence-electron chi connectivity index (χ0n) is 12.3. The summed E-state index contributed by atoms with van der Waals surface area (Å²) in [4.78, 5) is 10.4. The van der Waals surface area contributed by atoms with Gasteiger partial charge >= 0.3 is 0 Å². The lowest BCUT2D eigenvalue weighted by Gasteiger charge is -2.13. The number of halogens is 3. The molecule has 0 radical (unpaired) electrons. The van der Waals surface area contributed by atoms with Gasteiger partial charge in [0.2, 0.25) is 0 Å². The molecule has 0 amide bonds. The van der Waals surface area contributed by atoms with Crippen molar-refractivity contribution in [3.8, 4) is 16.9 Å². The maximum atomic E-state index is 10.9. The highest BCUT2D eigenvalue weighted by Crippen LogP contribution is 2.43. The van der Waals surface area contributed by atoms with Crippen molar-refractivity contribution in [2.45, 2.75) is 0 Å². The summed E-state index contributed by atoms with van der Waals surface area (Å²) in [5.74, 6) is 0.709. The molecular weight excluding hydrogens is 417 g/mol. The van der Waals surface area contributed by atoms with Crippen LogP contribution in [-0.4, -0.2) is 12.0 Å². The van der Waals surface area contributed by atoms with E-state index in [1.54, 1.807) is 7.11 Å². The fraction of sp³-hybridized carbons (Fsp3) is 0.0588. The van der Waals surface area contributed by atoms with Crippen LogP contribution in [0.15, 0.2) is 46.9 Å². The number of non-ortho nitro benzene ring substituents is 1. The number of ether oxygens (including phenoxy) is 1. The zero-order valence-corrected chi connectivity index (χ0v) is 15.4. The first-order valence-electron chi connectivity index (χ1n) is 6.83. The van der Waals surface area contributed by atoms with Crippen LogP contribution in [0, 0.1) is 10.1 Å². The summed E-state index contributed by atoms with van der Waals surface area (Å²) in [7, 11) is 1.60. The molecule has 0 fully saturated rings. The lowest BCUT2D eigenvalue weighted by atomic mass is 9.97. The van der Waals surface area contributed by atoms with E-state index in [1.807, 2.05) is 30.3 Å². The molecule has 0 aliphatic carbocycles. The number of fused-ring (bicyclic) bond motifs is 1. The summed E-state index contributed by atoms with van der Waals surface area (Å²) in [5.41, 5.74) is 1.21. The van der Waals surface area contributed by atoms with Crippen LogP contribution in [0.5, 0.6) is 5.75 Å². The van der Waals surface area contributed by atoms with Crippen LogP contribution in [-0.2, 0) is 0 Å². The van der Waals surface area contributed by atoms with E-state index >= 15 is 0 Å². The van der Waals surface area contributed by atoms with Crippen molar-refractivity contribution < 1.29 is 9.66 Å². The number of hydrogen-bond acceptors (Lipinski definition) is 3. The summed E-state index contributed by atoms with van der Waals surface area (Å²) in [5, 5.41) is 13.2. The zero-order chi connectivity index (χ0) is 17.4. The van der Waals surface area contributed by atoms with Gasteiger partial charge < -0.3 is 4.74 Å². The largest absolute Gasteiger partial charge is 0.496 e. The quantitative estimate of drug-likeness (QED) is 0.355. The first-order chi connectivity index (χ1) is 11.4. The van der Waals surface area contributed by atoms with Gasteiger partial charge in [0.1, 0.15) is 5.75 Å². The van der Waals surface area contributed by atoms with E-state index in [4.69, 9.17) is 27.9 Å². The Hall–Kier alpha value is -1.82. The fourth-order valence-electron chi connectivity index (χ4n) is 2.60. The van der Waals surface area contributed by atoms with Gasteiger partial charge in [-0.1, -0.05) is 41.4 Å². The van der Waals surface area contributed by atoms with Crippen LogP contribution >= 0.6 is 39.1 Å². The molecule has 3 rings (SSSR count). The summed E-state index contributed by atoms with van der Waals surface area (Å²) in [6.07, 6.45) is 0. The molecule has 4 nitrogen and oxygen atoms in total. The molecule has 0 saturated heterocycles. The summed E-state index contributed by atoms with van der Waals surface area (Å²) in [6, 6.07) is 12.0. The van der Waals surface area contributed by atoms with Crippen LogP contribution in [0.2, 0.25) is 10.0 Å². The molecule has 0 spiro atoms. The Morgan fingerprint density at radius 1 is 1.08 bits per heavy atom. The molecule has 122 valence electrons. The monoisotopic (exact) mass is 425 g/mol. The van der Waals surface area contributed by atoms with E-state index in [0.717, 1.165) is 20.8 Å². The van der Waals surface area contributed by atoms with E-state index in [-0.39, 0.29) is 15.7 Å². The van der Waals surface area contributed by atoms with Gasteiger partial charge in [0.05, 0.1) is 26.6 Å². The van der Waals surface area contributed by atoms with Gasteiger partial charge in [-0.25, -0.2) is 0 Å². The minimum atomic E-state index is -0.522. The van der Waals surface area contributed by atoms with Gasteiger partial charge in [0.25, 0.3) is 5.69 Å². The molecule has 0 saturated carbocycles. The predicted molar refractivity (Wildman–Crippen MR) is 100 cm³/mol. The van der Waals surface area contributed by atoms with Gasteiger partial charge in [-0.05, 0) is 39.0 Å². The fourth-order valence-corrected chi connectivity index (χ4v) is 3.92. The van der Waals surface area contributed by atoms with Crippen LogP contribution in [0.1, 0.15) is 0 Å². The number of hydrogen-bond donors (Lipinski definition) is 0. The Bertz CT molecular complexity index is 952. The van der Waals surface area contributed by atoms with Gasteiger partial charge in [0, 0.05) is 23.1 Å². The first kappa shape index (κ1) is 17.0. The topological polar surface area (TPSA) is 52.4 Å². The molecule has 0 aliphatic heterocycles. The molecule has 0 heterocycles. The third-order valence-electron chi connectivity index (χ3n) is 3.69. The predicted octanol–water partition coefficient (Wildman–Crippen LogP) is 6.49. The Morgan fingerprint density at radius 3 is 2.33 bits per heavy atom. The SMILES string of the molecule is COc1ccc2c(-c3c(Cl)cc([N+](=O)[O-])cc3Cl)cccc2c1Br. The van der Waals surface area contributed by atoms with Crippen LogP contribution in [0.25, 0.3) is 21.9 Å². The van der Waals surface area contributed by atoms with Crippen molar-refractivity contribution in [3.05, 3.63) is 67.1 Å². The van der Waals surface area contributed by atoms with Crippen molar-refractivity contribution in [2.75, 3.05) is 7.11 Å². The number of nitro groups is 1. The number of benzene rings is 3. The second kappa shape index (κ2) is 6.59. The van der Waals surface area contributed by atoms with E-state index in [2.05, 4.69) is 15.9 Å². The lowest BCUT2D eigenvalue weighted by Crippen LogP contribution is -1.92. The number of nitro benzene ring substituents is 1. The number of nitrogens with zero attached hydrogens (tertiary/aromatic N) is 1. The molecule has 0 bridgehead atoms. The maximum absolute atomic E-state index is 10.9. The molecule has 3 aromatic rings. The van der Waals surface area contributed by atoms with Crippen molar-refractivity contribution in [3.63, 3.8) is 0 Å². The second-order valence-electron chi connectivity index (χ2n) is 5.02. The summed E-state index contributed by atoms with van der Waals surface area (Å²) >= 11 is 16.1. The molecule has 0 atom stereocenters. The molecule has 24 heavy (non-hydrogen) atoms. The minimum Gasteiger partial charge on any atom is -0.496 e. The van der Waals surface area contributed by atoms with Gasteiger partial charge in [-0.2, -0.15) is 0 Å². The Labute approximate surface area is 156 Å². The molecule has 0 aliphatic rings. The first-order valence-corrected chi connectivity index (χ1v) is 8.38. The van der Waals surface area contributed by atoms with E-state index in [0.29, 0.717) is 11.3 Å². The van der Waals surface area contributed by atoms with Crippen LogP contribution in [0.3, 0.4) is 0 Å². The molecular formula is C17H10BrCl2NO3. The Morgan fingerprint density at radius 2 is 1.75 bits per heavy atom. The Balaban J connectivity index is 2.32. The molecule has 0 unspecified atom stereocenters. The number of methoxy groups -OCH3 is 1. The number of rotatable bonds is 3. The third kappa shape index (κ3) is 2.83. The van der Waals surface area contributed by atoms with Crippen molar-refractivity contribution in [1.82, 2.24) is 0 Å². The summed E-state index contributed by atoms with van der Waals surface area (Å²) in [6.45, 7) is 0. The smallest absolute Gasteiger partial charge is 0.272 e. The summed E-state index contributed by atoms with van der Waals surface area (Å²) < 4.78 is 6.13. The highest BCUT2D eigenvalue weighted by molar-refractivity contribution is 9.10. The van der Waals surface area contributed by atoms with Crippen molar-refractivity contribution in [2.24, 2.45) is 0 Å². The van der Waals surface area contributed by atoms with E-state index < -0.39 is 4.92 Å². The van der Waals surface area contributed by atoms with E-state index in [1.165, 1.54) is 12.1 Å². The molecule has 7 heteroatoms. The standard InChI is InChI=1S/C17H10BrCl2NO3/c1-24-15-6-5-10-11(3-2-4-12(10)17(15)18)16-13(19)7-9(21(22)23)8-14(16)20/h2-8H,1H3. The minimum absolute atomic E-state index is 0.142. The van der Waals surface area contributed by atoms with Gasteiger partial charge in [-0.3, -0.25) is 10.1 Å². The highest BCUT2D eigenvalue weighted by atomic mass is 79.9. The van der Waals surface area contributed by atoms with Crippen LogP contribution in [0.4, 0.5) is 5.69 Å². The van der Waals surface area contributed by atoms with Crippen molar-refractivity contribution >= 4 is 55.6 Å². The van der Waals surface area contributed by atoms with E-state index in [9.17, 15) is 10.1 Å². The molecule has 0 aromatic heterocycles. The highest BCUT2D eigenvalue weighted by Gasteiger charge is 2.18. The second-order valence-corrected chi connectivity index (χ2v) is 6.63. The normalized spacial score (nSPS) is 10.8. The Kier molecular flexibility index (Phi) is 4.67. The van der Waals surface area contributed by atoms with Gasteiger partial charge in [0.15, 0.2) is 0 Å². The van der Waals surface area contributed by atoms with Crippen molar-refractivity contribution in [1.29, 1.82) is 0 Å². The van der Waals surface area contributed by atoms with Gasteiger partial charge in [-0.15, -0.1) is 0 Å². The maximum Gasteiger partial charge on any atom is 0.272 e. The van der Waals surface area contributed by atoms with Crippen LogP contribution < -0.4 is 4.74 Å². The molecule has 0 N–H and O–H groups in total. The lowest BCUT2D eigenvalue weighted by molar-refractivity contribution is -0.384. The molecule has 3 aromatic carbocycles.